The second kappa shape index (κ2) is 4.94. The van der Waals surface area contributed by atoms with Gasteiger partial charge in [0.1, 0.15) is 11.3 Å². The molecule has 0 saturated carbocycles. The summed E-state index contributed by atoms with van der Waals surface area (Å²) in [4.78, 5) is 10.3. The van der Waals surface area contributed by atoms with E-state index in [0.717, 1.165) is 12.1 Å². The monoisotopic (exact) mass is 283 g/mol. The lowest BCUT2D eigenvalue weighted by Gasteiger charge is -2.10. The molecule has 0 aromatic heterocycles. The van der Waals surface area contributed by atoms with Gasteiger partial charge in [-0.25, -0.2) is 0 Å². The van der Waals surface area contributed by atoms with Crippen LogP contribution in [0, 0.1) is 0 Å². The molecule has 18 heavy (non-hydrogen) atoms. The molecule has 0 radical (unpaired) electrons. The molecular formula is C9H8F3NO4S. The van der Waals surface area contributed by atoms with E-state index in [1.807, 2.05) is 0 Å². The molecule has 5 nitrogen and oxygen atoms in total. The normalized spacial score (nSPS) is 12.2. The zero-order valence-corrected chi connectivity index (χ0v) is 9.55. The maximum atomic E-state index is 11.9. The van der Waals surface area contributed by atoms with Gasteiger partial charge in [-0.2, -0.15) is 21.6 Å². The smallest absolute Gasteiger partial charge is 0.325 e. The Labute approximate surface area is 100 Å². The van der Waals surface area contributed by atoms with Crippen molar-refractivity contribution in [3.8, 4) is 0 Å². The number of carbonyl (C=O) groups excluding carboxylic acids is 1. The van der Waals surface area contributed by atoms with E-state index in [2.05, 4.69) is 0 Å². The highest BCUT2D eigenvalue weighted by atomic mass is 32.2. The van der Waals surface area contributed by atoms with Gasteiger partial charge >= 0.3 is 6.18 Å². The van der Waals surface area contributed by atoms with Crippen LogP contribution in [0.1, 0.15) is 6.42 Å². The Kier molecular flexibility index (Phi) is 3.97. The number of rotatable bonds is 3. The van der Waals surface area contributed by atoms with E-state index in [1.54, 1.807) is 5.32 Å². The van der Waals surface area contributed by atoms with E-state index in [-0.39, 0.29) is 0 Å². The fraction of sp³-hybridized carbons (Fsp3) is 0.222. The van der Waals surface area contributed by atoms with Crippen molar-refractivity contribution in [2.24, 2.45) is 0 Å². The molecule has 0 fully saturated rings. The van der Waals surface area contributed by atoms with Crippen LogP contribution in [0.2, 0.25) is 0 Å². The molecule has 9 heteroatoms. The highest BCUT2D eigenvalue weighted by Crippen LogP contribution is 2.23. The first-order valence-electron chi connectivity index (χ1n) is 4.53. The molecule has 0 saturated heterocycles. The number of benzene rings is 1. The SMILES string of the molecule is O=C(CC(F)(F)F)Nc1ccccc1S(=O)(=O)O. The van der Waals surface area contributed by atoms with E-state index in [4.69, 9.17) is 4.55 Å². The lowest BCUT2D eigenvalue weighted by molar-refractivity contribution is -0.150. The van der Waals surface area contributed by atoms with Gasteiger partial charge in [0.2, 0.25) is 5.91 Å². The maximum absolute atomic E-state index is 11.9. The molecule has 1 aromatic carbocycles. The maximum Gasteiger partial charge on any atom is 0.397 e. The molecule has 0 heterocycles. The Hall–Kier alpha value is -1.61. The van der Waals surface area contributed by atoms with Gasteiger partial charge in [0.05, 0.1) is 5.69 Å². The van der Waals surface area contributed by atoms with Gasteiger partial charge in [0, 0.05) is 0 Å². The minimum atomic E-state index is -4.70. The lowest BCUT2D eigenvalue weighted by atomic mass is 10.3. The summed E-state index contributed by atoms with van der Waals surface area (Å²) < 4.78 is 66.4. The van der Waals surface area contributed by atoms with E-state index >= 15 is 0 Å². The van der Waals surface area contributed by atoms with Crippen molar-refractivity contribution < 1.29 is 30.9 Å². The van der Waals surface area contributed by atoms with Crippen LogP contribution < -0.4 is 5.32 Å². The number of hydrogen-bond donors (Lipinski definition) is 2. The number of nitrogens with one attached hydrogen (secondary N) is 1. The largest absolute Gasteiger partial charge is 0.397 e. The lowest BCUT2D eigenvalue weighted by Crippen LogP contribution is -2.22. The number of para-hydroxylation sites is 1. The Morgan fingerprint density at radius 1 is 1.28 bits per heavy atom. The number of halogens is 3. The van der Waals surface area contributed by atoms with Crippen molar-refractivity contribution in [3.05, 3.63) is 24.3 Å². The first-order valence-corrected chi connectivity index (χ1v) is 5.97. The molecule has 1 aromatic rings. The molecule has 0 unspecified atom stereocenters. The molecule has 1 amide bonds. The highest BCUT2D eigenvalue weighted by Gasteiger charge is 2.31. The van der Waals surface area contributed by atoms with Crippen LogP contribution in [0.25, 0.3) is 0 Å². The van der Waals surface area contributed by atoms with Crippen LogP contribution in [0.3, 0.4) is 0 Å². The molecule has 0 bridgehead atoms. The average molecular weight is 283 g/mol. The van der Waals surface area contributed by atoms with Crippen molar-refractivity contribution in [2.75, 3.05) is 5.32 Å². The van der Waals surface area contributed by atoms with Gasteiger partial charge in [0.15, 0.2) is 0 Å². The topological polar surface area (TPSA) is 83.5 Å². The van der Waals surface area contributed by atoms with Gasteiger partial charge in [-0.1, -0.05) is 12.1 Å². The van der Waals surface area contributed by atoms with Crippen LogP contribution in [-0.2, 0) is 14.9 Å². The minimum absolute atomic E-state index is 0.408. The molecule has 0 aliphatic carbocycles. The van der Waals surface area contributed by atoms with Gasteiger partial charge in [-0.15, -0.1) is 0 Å². The van der Waals surface area contributed by atoms with E-state index in [1.165, 1.54) is 12.1 Å². The molecule has 0 aliphatic heterocycles. The molecule has 0 spiro atoms. The summed E-state index contributed by atoms with van der Waals surface area (Å²) in [5, 5.41) is 1.78. The van der Waals surface area contributed by atoms with Gasteiger partial charge < -0.3 is 5.32 Å². The summed E-state index contributed by atoms with van der Waals surface area (Å²) >= 11 is 0. The van der Waals surface area contributed by atoms with Gasteiger partial charge in [0.25, 0.3) is 10.1 Å². The van der Waals surface area contributed by atoms with Gasteiger partial charge in [-0.05, 0) is 12.1 Å². The quantitative estimate of drug-likeness (QED) is 0.829. The minimum Gasteiger partial charge on any atom is -0.325 e. The van der Waals surface area contributed by atoms with Crippen molar-refractivity contribution in [1.82, 2.24) is 0 Å². The Balaban J connectivity index is 2.96. The average Bonchev–Trinajstić information content (AvgIpc) is 2.13. The molecule has 0 aliphatic rings. The number of carbonyl (C=O) groups is 1. The third-order valence-electron chi connectivity index (χ3n) is 1.80. The summed E-state index contributed by atoms with van der Waals surface area (Å²) in [6, 6.07) is 4.58. The molecule has 100 valence electrons. The highest BCUT2D eigenvalue weighted by molar-refractivity contribution is 7.86. The van der Waals surface area contributed by atoms with E-state index < -0.39 is 39.2 Å². The number of alkyl halides is 3. The van der Waals surface area contributed by atoms with Crippen LogP contribution in [0.5, 0.6) is 0 Å². The van der Waals surface area contributed by atoms with Crippen LogP contribution in [0.4, 0.5) is 18.9 Å². The van der Waals surface area contributed by atoms with Crippen LogP contribution in [0.15, 0.2) is 29.2 Å². The number of hydrogen-bond acceptors (Lipinski definition) is 3. The van der Waals surface area contributed by atoms with E-state index in [0.29, 0.717) is 0 Å². The zero-order chi connectivity index (χ0) is 14.0. The first kappa shape index (κ1) is 14.5. The van der Waals surface area contributed by atoms with Crippen molar-refractivity contribution >= 4 is 21.7 Å². The fourth-order valence-corrected chi connectivity index (χ4v) is 1.82. The Bertz CT molecular complexity index is 553. The standard InChI is InChI=1S/C9H8F3NO4S/c10-9(11,12)5-8(14)13-6-3-1-2-4-7(6)18(15,16)17/h1-4H,5H2,(H,13,14)(H,15,16,17). The van der Waals surface area contributed by atoms with Crippen molar-refractivity contribution in [1.29, 1.82) is 0 Å². The summed E-state index contributed by atoms with van der Waals surface area (Å²) in [6.07, 6.45) is -6.44. The van der Waals surface area contributed by atoms with Gasteiger partial charge in [-0.3, -0.25) is 9.35 Å². The Morgan fingerprint density at radius 2 is 1.83 bits per heavy atom. The second-order valence-corrected chi connectivity index (χ2v) is 4.70. The summed E-state index contributed by atoms with van der Waals surface area (Å²) in [6.45, 7) is 0. The van der Waals surface area contributed by atoms with Crippen LogP contribution in [-0.4, -0.2) is 25.1 Å². The predicted molar refractivity (Wildman–Crippen MR) is 55.6 cm³/mol. The predicted octanol–water partition coefficient (Wildman–Crippen LogP) is 1.82. The molecule has 1 rings (SSSR count). The first-order chi connectivity index (χ1) is 8.09. The summed E-state index contributed by atoms with van der Waals surface area (Å²) in [5.74, 6) is -1.42. The van der Waals surface area contributed by atoms with Crippen molar-refractivity contribution in [3.63, 3.8) is 0 Å². The van der Waals surface area contributed by atoms with Crippen LogP contribution >= 0.6 is 0 Å². The number of amides is 1. The molecular weight excluding hydrogens is 275 g/mol. The molecule has 0 atom stereocenters. The third-order valence-corrected chi connectivity index (χ3v) is 2.71. The summed E-state index contributed by atoms with van der Waals surface area (Å²) in [5.41, 5.74) is -0.408. The fourth-order valence-electron chi connectivity index (χ4n) is 1.17. The van der Waals surface area contributed by atoms with E-state index in [9.17, 15) is 26.4 Å². The third kappa shape index (κ3) is 4.34. The Morgan fingerprint density at radius 3 is 2.33 bits per heavy atom. The zero-order valence-electron chi connectivity index (χ0n) is 8.73. The van der Waals surface area contributed by atoms with Crippen molar-refractivity contribution in [2.45, 2.75) is 17.5 Å². The summed E-state index contributed by atoms with van der Waals surface area (Å²) in [7, 11) is -4.62. The number of anilines is 1. The second-order valence-electron chi connectivity index (χ2n) is 3.31. The molecule has 2 N–H and O–H groups in total.